The molecular weight excluding hydrogens is 426 g/mol. The van der Waals surface area contributed by atoms with Crippen molar-refractivity contribution in [2.24, 2.45) is 0 Å². The Balaban J connectivity index is 1.35. The Morgan fingerprint density at radius 1 is 1.15 bits per heavy atom. The first kappa shape index (κ1) is 23.0. The average molecular weight is 458 g/mol. The number of rotatable bonds is 6. The number of morpholine rings is 1. The first-order valence-corrected chi connectivity index (χ1v) is 11.6. The molecule has 3 amide bonds. The van der Waals surface area contributed by atoms with E-state index in [-0.39, 0.29) is 30.9 Å². The van der Waals surface area contributed by atoms with E-state index in [0.717, 1.165) is 23.9 Å². The maximum atomic E-state index is 13.0. The van der Waals surface area contributed by atoms with E-state index in [1.165, 1.54) is 0 Å². The smallest absolute Gasteiger partial charge is 0.317 e. The first-order valence-electron chi connectivity index (χ1n) is 11.6. The summed E-state index contributed by atoms with van der Waals surface area (Å²) in [5.74, 6) is -0.0159. The fourth-order valence-electron chi connectivity index (χ4n) is 4.38. The number of fused-ring (bicyclic) bond motifs is 1. The van der Waals surface area contributed by atoms with Gasteiger partial charge in [-0.1, -0.05) is 0 Å². The standard InChI is InChI=1S/C23H31N5O5/c1-2-33-21(29)3-7-24-23(31)27-8-4-17(5-9-27)18-6-10-28-20(15-18)19(16-25-28)22(30)26-11-13-32-14-12-26/h6,10,15-17H,2-5,7-9,11-14H2,1H3,(H,24,31). The largest absolute Gasteiger partial charge is 0.466 e. The lowest BCUT2D eigenvalue weighted by atomic mass is 9.89. The van der Waals surface area contributed by atoms with Gasteiger partial charge >= 0.3 is 12.0 Å². The summed E-state index contributed by atoms with van der Waals surface area (Å²) in [7, 11) is 0. The van der Waals surface area contributed by atoms with Crippen LogP contribution in [0.3, 0.4) is 0 Å². The van der Waals surface area contributed by atoms with Crippen LogP contribution in [-0.2, 0) is 14.3 Å². The van der Waals surface area contributed by atoms with Gasteiger partial charge in [0.15, 0.2) is 0 Å². The van der Waals surface area contributed by atoms with Crippen molar-refractivity contribution in [3.8, 4) is 0 Å². The van der Waals surface area contributed by atoms with Gasteiger partial charge in [0, 0.05) is 38.9 Å². The van der Waals surface area contributed by atoms with E-state index in [1.807, 2.05) is 17.2 Å². The van der Waals surface area contributed by atoms with Crippen LogP contribution in [0, 0.1) is 0 Å². The molecule has 2 aliphatic rings. The van der Waals surface area contributed by atoms with Crippen LogP contribution in [0.5, 0.6) is 0 Å². The van der Waals surface area contributed by atoms with E-state index in [4.69, 9.17) is 9.47 Å². The van der Waals surface area contributed by atoms with Crippen LogP contribution in [0.2, 0.25) is 0 Å². The third-order valence-corrected chi connectivity index (χ3v) is 6.24. The van der Waals surface area contributed by atoms with E-state index in [9.17, 15) is 14.4 Å². The summed E-state index contributed by atoms with van der Waals surface area (Å²) in [6.45, 7) is 5.96. The number of pyridine rings is 1. The summed E-state index contributed by atoms with van der Waals surface area (Å²) in [5.41, 5.74) is 2.57. The van der Waals surface area contributed by atoms with Crippen molar-refractivity contribution in [2.75, 3.05) is 52.5 Å². The molecule has 33 heavy (non-hydrogen) atoms. The fourth-order valence-corrected chi connectivity index (χ4v) is 4.38. The highest BCUT2D eigenvalue weighted by molar-refractivity contribution is 6.00. The molecular formula is C23H31N5O5. The third-order valence-electron chi connectivity index (χ3n) is 6.24. The Morgan fingerprint density at radius 2 is 1.91 bits per heavy atom. The molecule has 0 radical (unpaired) electrons. The molecule has 0 spiro atoms. The van der Waals surface area contributed by atoms with E-state index >= 15 is 0 Å². The number of aromatic nitrogens is 2. The number of likely N-dealkylation sites (tertiary alicyclic amines) is 1. The highest BCUT2D eigenvalue weighted by Gasteiger charge is 2.26. The number of amides is 3. The van der Waals surface area contributed by atoms with Crippen molar-refractivity contribution < 1.29 is 23.9 Å². The molecule has 2 aliphatic heterocycles. The monoisotopic (exact) mass is 457 g/mol. The van der Waals surface area contributed by atoms with Gasteiger partial charge in [0.25, 0.3) is 5.91 Å². The van der Waals surface area contributed by atoms with Gasteiger partial charge in [-0.25, -0.2) is 9.31 Å². The van der Waals surface area contributed by atoms with Crippen LogP contribution in [-0.4, -0.2) is 89.9 Å². The number of carbonyl (C=O) groups excluding carboxylic acids is 3. The van der Waals surface area contributed by atoms with Gasteiger partial charge in [-0.05, 0) is 43.4 Å². The molecule has 4 heterocycles. The van der Waals surface area contributed by atoms with Gasteiger partial charge < -0.3 is 24.6 Å². The molecule has 0 aromatic carbocycles. The summed E-state index contributed by atoms with van der Waals surface area (Å²) in [6, 6.07) is 3.95. The highest BCUT2D eigenvalue weighted by atomic mass is 16.5. The first-order chi connectivity index (χ1) is 16.1. The Kier molecular flexibility index (Phi) is 7.43. The van der Waals surface area contributed by atoms with Crippen molar-refractivity contribution in [3.63, 3.8) is 0 Å². The molecule has 2 aromatic rings. The number of nitrogens with zero attached hydrogens (tertiary/aromatic N) is 4. The molecule has 2 saturated heterocycles. The Morgan fingerprint density at radius 3 is 2.64 bits per heavy atom. The second-order valence-corrected chi connectivity index (χ2v) is 8.30. The number of nitrogens with one attached hydrogen (secondary N) is 1. The lowest BCUT2D eigenvalue weighted by Gasteiger charge is -2.32. The Labute approximate surface area is 192 Å². The van der Waals surface area contributed by atoms with Crippen LogP contribution >= 0.6 is 0 Å². The molecule has 0 saturated carbocycles. The van der Waals surface area contributed by atoms with E-state index < -0.39 is 0 Å². The van der Waals surface area contributed by atoms with E-state index in [0.29, 0.717) is 57.5 Å². The molecule has 2 aromatic heterocycles. The summed E-state index contributed by atoms with van der Waals surface area (Å²) < 4.78 is 12.0. The molecule has 0 aliphatic carbocycles. The highest BCUT2D eigenvalue weighted by Crippen LogP contribution is 2.29. The predicted octanol–water partition coefficient (Wildman–Crippen LogP) is 1.65. The maximum absolute atomic E-state index is 13.0. The average Bonchev–Trinajstić information content (AvgIpc) is 3.27. The van der Waals surface area contributed by atoms with Crippen molar-refractivity contribution in [2.45, 2.75) is 32.1 Å². The number of urea groups is 1. The van der Waals surface area contributed by atoms with Gasteiger partial charge in [-0.15, -0.1) is 0 Å². The molecule has 0 atom stereocenters. The second kappa shape index (κ2) is 10.7. The van der Waals surface area contributed by atoms with Crippen LogP contribution in [0.1, 0.15) is 48.0 Å². The van der Waals surface area contributed by atoms with E-state index in [1.54, 1.807) is 22.5 Å². The van der Waals surface area contributed by atoms with Crippen molar-refractivity contribution in [3.05, 3.63) is 35.7 Å². The molecule has 178 valence electrons. The lowest BCUT2D eigenvalue weighted by Crippen LogP contribution is -2.44. The van der Waals surface area contributed by atoms with Crippen LogP contribution in [0.4, 0.5) is 4.79 Å². The number of hydrogen-bond acceptors (Lipinski definition) is 6. The van der Waals surface area contributed by atoms with Gasteiger partial charge in [-0.2, -0.15) is 5.10 Å². The maximum Gasteiger partial charge on any atom is 0.317 e. The van der Waals surface area contributed by atoms with Crippen LogP contribution in [0.15, 0.2) is 24.5 Å². The number of esters is 1. The Hall–Kier alpha value is -3.14. The normalized spacial score (nSPS) is 17.2. The number of ether oxygens (including phenoxy) is 2. The summed E-state index contributed by atoms with van der Waals surface area (Å²) >= 11 is 0. The second-order valence-electron chi connectivity index (χ2n) is 8.30. The zero-order valence-electron chi connectivity index (χ0n) is 19.0. The van der Waals surface area contributed by atoms with Gasteiger partial charge in [0.1, 0.15) is 0 Å². The van der Waals surface area contributed by atoms with E-state index in [2.05, 4.69) is 16.5 Å². The Bertz CT molecular complexity index is 992. The molecule has 10 heteroatoms. The predicted molar refractivity (Wildman–Crippen MR) is 120 cm³/mol. The minimum absolute atomic E-state index is 0.0141. The summed E-state index contributed by atoms with van der Waals surface area (Å²) in [4.78, 5) is 40.4. The van der Waals surface area contributed by atoms with Crippen molar-refractivity contribution in [1.82, 2.24) is 24.7 Å². The molecule has 0 bridgehead atoms. The number of piperidine rings is 1. The van der Waals surface area contributed by atoms with Crippen LogP contribution < -0.4 is 5.32 Å². The zero-order valence-corrected chi connectivity index (χ0v) is 19.0. The topological polar surface area (TPSA) is 105 Å². The molecule has 0 unspecified atom stereocenters. The number of carbonyl (C=O) groups is 3. The minimum atomic E-state index is -0.307. The quantitative estimate of drug-likeness (QED) is 0.662. The zero-order chi connectivity index (χ0) is 23.2. The van der Waals surface area contributed by atoms with Gasteiger partial charge in [0.2, 0.25) is 0 Å². The van der Waals surface area contributed by atoms with Crippen LogP contribution in [0.25, 0.3) is 5.52 Å². The van der Waals surface area contributed by atoms with Crippen molar-refractivity contribution in [1.29, 1.82) is 0 Å². The SMILES string of the molecule is CCOC(=O)CCNC(=O)N1CCC(c2ccn3ncc(C(=O)N4CCOCC4)c3c2)CC1. The molecule has 10 nitrogen and oxygen atoms in total. The number of hydrogen-bond donors (Lipinski definition) is 1. The summed E-state index contributed by atoms with van der Waals surface area (Å²) in [6.07, 6.45) is 5.38. The molecule has 4 rings (SSSR count). The minimum Gasteiger partial charge on any atom is -0.466 e. The summed E-state index contributed by atoms with van der Waals surface area (Å²) in [5, 5.41) is 7.14. The van der Waals surface area contributed by atoms with Gasteiger partial charge in [-0.3, -0.25) is 9.59 Å². The fraction of sp³-hybridized carbons (Fsp3) is 0.565. The molecule has 1 N–H and O–H groups in total. The van der Waals surface area contributed by atoms with Gasteiger partial charge in [0.05, 0.1) is 43.5 Å². The van der Waals surface area contributed by atoms with Crippen molar-refractivity contribution >= 4 is 23.4 Å². The molecule has 2 fully saturated rings. The lowest BCUT2D eigenvalue weighted by molar-refractivity contribution is -0.142. The third kappa shape index (κ3) is 5.44.